The summed E-state index contributed by atoms with van der Waals surface area (Å²) in [6, 6.07) is 20.4. The van der Waals surface area contributed by atoms with E-state index in [1.165, 1.54) is 6.07 Å². The standard InChI is InChI=1S/C34H40F3N3O4S/c1-25-12-6-7-15-27(25)24-39(31(22-26-13-4-3-5-14-26)33(42)38-29-17-8-9-18-29)32(41)20-11-21-40(45(2,43)44)30-19-10-16-28(23-30)34(35,36)37/h3-7,10,12-16,19,23,29,31H,8-9,11,17-18,20-22,24H2,1-2H3,(H,38,42)/t31-/m1/s1. The number of aryl methyl sites for hydroxylation is 1. The largest absolute Gasteiger partial charge is 0.416 e. The summed E-state index contributed by atoms with van der Waals surface area (Å²) in [7, 11) is -3.96. The van der Waals surface area contributed by atoms with E-state index in [0.717, 1.165) is 71.1 Å². The molecule has 3 aromatic rings. The minimum atomic E-state index is -4.64. The van der Waals surface area contributed by atoms with Crippen molar-refractivity contribution in [1.82, 2.24) is 10.2 Å². The van der Waals surface area contributed by atoms with Gasteiger partial charge in [0.05, 0.1) is 17.5 Å². The van der Waals surface area contributed by atoms with Gasteiger partial charge >= 0.3 is 6.18 Å². The highest BCUT2D eigenvalue weighted by Crippen LogP contribution is 2.32. The lowest BCUT2D eigenvalue weighted by molar-refractivity contribution is -0.141. The molecule has 1 fully saturated rings. The van der Waals surface area contributed by atoms with Crippen molar-refractivity contribution in [2.75, 3.05) is 17.1 Å². The minimum absolute atomic E-state index is 0.0364. The molecule has 0 saturated heterocycles. The van der Waals surface area contributed by atoms with Gasteiger partial charge in [-0.15, -0.1) is 0 Å². The maximum absolute atomic E-state index is 14.0. The topological polar surface area (TPSA) is 86.8 Å². The summed E-state index contributed by atoms with van der Waals surface area (Å²) in [5.74, 6) is -0.590. The van der Waals surface area contributed by atoms with E-state index in [9.17, 15) is 31.2 Å². The zero-order valence-electron chi connectivity index (χ0n) is 25.6. The number of hydrogen-bond donors (Lipinski definition) is 1. The predicted octanol–water partition coefficient (Wildman–Crippen LogP) is 6.26. The second kappa shape index (κ2) is 14.9. The first-order valence-corrected chi connectivity index (χ1v) is 17.0. The van der Waals surface area contributed by atoms with Gasteiger partial charge in [-0.2, -0.15) is 13.2 Å². The lowest BCUT2D eigenvalue weighted by Crippen LogP contribution is -2.52. The van der Waals surface area contributed by atoms with Crippen LogP contribution in [0, 0.1) is 6.92 Å². The number of alkyl halides is 3. The highest BCUT2D eigenvalue weighted by molar-refractivity contribution is 7.92. The number of nitrogens with zero attached hydrogens (tertiary/aromatic N) is 2. The molecule has 1 N–H and O–H groups in total. The van der Waals surface area contributed by atoms with Crippen molar-refractivity contribution in [2.45, 2.75) is 76.7 Å². The number of amides is 2. The summed E-state index contributed by atoms with van der Waals surface area (Å²) in [6.45, 7) is 1.90. The molecule has 242 valence electrons. The second-order valence-electron chi connectivity index (χ2n) is 11.6. The van der Waals surface area contributed by atoms with Crippen LogP contribution in [0.25, 0.3) is 0 Å². The molecule has 0 heterocycles. The van der Waals surface area contributed by atoms with Gasteiger partial charge in [0.2, 0.25) is 21.8 Å². The Balaban J connectivity index is 1.60. The first kappa shape index (κ1) is 34.0. The molecule has 0 spiro atoms. The van der Waals surface area contributed by atoms with E-state index in [-0.39, 0.29) is 55.9 Å². The van der Waals surface area contributed by atoms with Gasteiger partial charge in [0.15, 0.2) is 0 Å². The Morgan fingerprint density at radius 3 is 2.27 bits per heavy atom. The van der Waals surface area contributed by atoms with Crippen LogP contribution in [-0.4, -0.2) is 50.0 Å². The van der Waals surface area contributed by atoms with Crippen molar-refractivity contribution < 1.29 is 31.2 Å². The number of anilines is 1. The lowest BCUT2D eigenvalue weighted by Gasteiger charge is -2.33. The average Bonchev–Trinajstić information content (AvgIpc) is 3.50. The van der Waals surface area contributed by atoms with E-state index in [1.54, 1.807) is 4.90 Å². The highest BCUT2D eigenvalue weighted by Gasteiger charge is 2.33. The van der Waals surface area contributed by atoms with Crippen LogP contribution >= 0.6 is 0 Å². The molecule has 1 aliphatic rings. The molecule has 2 amide bonds. The van der Waals surface area contributed by atoms with Crippen molar-refractivity contribution in [3.8, 4) is 0 Å². The van der Waals surface area contributed by atoms with Crippen molar-refractivity contribution in [2.24, 2.45) is 0 Å². The molecule has 45 heavy (non-hydrogen) atoms. The molecule has 11 heteroatoms. The van der Waals surface area contributed by atoms with Crippen LogP contribution in [0.5, 0.6) is 0 Å². The molecule has 0 bridgehead atoms. The number of sulfonamides is 1. The SMILES string of the molecule is Cc1ccccc1CN(C(=O)CCCN(c1cccc(C(F)(F)F)c1)S(C)(=O)=O)[C@H](Cc1ccccc1)C(=O)NC1CCCC1. The smallest absolute Gasteiger partial charge is 0.352 e. The number of carbonyl (C=O) groups is 2. The second-order valence-corrected chi connectivity index (χ2v) is 13.5. The third-order valence-electron chi connectivity index (χ3n) is 8.19. The summed E-state index contributed by atoms with van der Waals surface area (Å²) in [5, 5.41) is 3.16. The Kier molecular flexibility index (Phi) is 11.3. The highest BCUT2D eigenvalue weighted by atomic mass is 32.2. The molecule has 0 radical (unpaired) electrons. The Morgan fingerprint density at radius 2 is 1.62 bits per heavy atom. The van der Waals surface area contributed by atoms with E-state index in [4.69, 9.17) is 0 Å². The zero-order chi connectivity index (χ0) is 32.6. The fourth-order valence-electron chi connectivity index (χ4n) is 5.73. The molecular formula is C34H40F3N3O4S. The number of carbonyl (C=O) groups excluding carboxylic acids is 2. The van der Waals surface area contributed by atoms with Crippen LogP contribution < -0.4 is 9.62 Å². The van der Waals surface area contributed by atoms with Crippen molar-refractivity contribution in [3.05, 3.63) is 101 Å². The monoisotopic (exact) mass is 643 g/mol. The predicted molar refractivity (Wildman–Crippen MR) is 169 cm³/mol. The zero-order valence-corrected chi connectivity index (χ0v) is 26.4. The Labute approximate surface area is 263 Å². The summed E-state index contributed by atoms with van der Waals surface area (Å²) in [4.78, 5) is 29.4. The van der Waals surface area contributed by atoms with E-state index in [1.807, 2.05) is 61.5 Å². The maximum atomic E-state index is 14.0. The molecule has 7 nitrogen and oxygen atoms in total. The first-order chi connectivity index (χ1) is 21.3. The van der Waals surface area contributed by atoms with Crippen molar-refractivity contribution in [1.29, 1.82) is 0 Å². The molecule has 0 aliphatic heterocycles. The number of rotatable bonds is 13. The quantitative estimate of drug-likeness (QED) is 0.238. The number of halogens is 3. The molecule has 1 aliphatic carbocycles. The van der Waals surface area contributed by atoms with Gasteiger partial charge < -0.3 is 10.2 Å². The Morgan fingerprint density at radius 1 is 0.956 bits per heavy atom. The number of benzene rings is 3. The van der Waals surface area contributed by atoms with Gasteiger partial charge in [-0.3, -0.25) is 13.9 Å². The summed E-state index contributed by atoms with van der Waals surface area (Å²) < 4.78 is 66.2. The fraction of sp³-hybridized carbons (Fsp3) is 0.412. The van der Waals surface area contributed by atoms with Crippen LogP contribution in [0.2, 0.25) is 0 Å². The first-order valence-electron chi connectivity index (χ1n) is 15.2. The molecule has 3 aromatic carbocycles. The van der Waals surface area contributed by atoms with Crippen molar-refractivity contribution >= 4 is 27.5 Å². The van der Waals surface area contributed by atoms with E-state index < -0.39 is 27.8 Å². The molecular weight excluding hydrogens is 603 g/mol. The van der Waals surface area contributed by atoms with Gasteiger partial charge in [-0.25, -0.2) is 8.42 Å². The number of hydrogen-bond acceptors (Lipinski definition) is 4. The third kappa shape index (κ3) is 9.56. The van der Waals surface area contributed by atoms with Gasteiger partial charge in [0.1, 0.15) is 6.04 Å². The van der Waals surface area contributed by atoms with E-state index in [0.29, 0.717) is 0 Å². The number of nitrogens with one attached hydrogen (secondary N) is 1. The average molecular weight is 644 g/mol. The van der Waals surface area contributed by atoms with Gasteiger partial charge in [0.25, 0.3) is 0 Å². The Hall–Kier alpha value is -3.86. The van der Waals surface area contributed by atoms with E-state index >= 15 is 0 Å². The summed E-state index contributed by atoms with van der Waals surface area (Å²) in [6.07, 6.45) is 0.315. The summed E-state index contributed by atoms with van der Waals surface area (Å²) >= 11 is 0. The molecule has 0 unspecified atom stereocenters. The lowest BCUT2D eigenvalue weighted by atomic mass is 10.0. The van der Waals surface area contributed by atoms with E-state index in [2.05, 4.69) is 5.32 Å². The van der Waals surface area contributed by atoms with Crippen LogP contribution in [0.1, 0.15) is 60.8 Å². The molecule has 1 saturated carbocycles. The third-order valence-corrected chi connectivity index (χ3v) is 9.38. The normalized spacial score (nSPS) is 14.6. The summed E-state index contributed by atoms with van der Waals surface area (Å²) in [5.41, 5.74) is 1.62. The van der Waals surface area contributed by atoms with Gasteiger partial charge in [-0.1, -0.05) is 73.5 Å². The van der Waals surface area contributed by atoms with Crippen LogP contribution in [-0.2, 0) is 38.8 Å². The minimum Gasteiger partial charge on any atom is -0.352 e. The van der Waals surface area contributed by atoms with Crippen LogP contribution in [0.15, 0.2) is 78.9 Å². The van der Waals surface area contributed by atoms with Crippen LogP contribution in [0.4, 0.5) is 18.9 Å². The fourth-order valence-corrected chi connectivity index (χ4v) is 6.69. The molecule has 0 aromatic heterocycles. The maximum Gasteiger partial charge on any atom is 0.416 e. The molecule has 1 atom stereocenters. The van der Waals surface area contributed by atoms with Crippen molar-refractivity contribution in [3.63, 3.8) is 0 Å². The Bertz CT molecular complexity index is 1560. The van der Waals surface area contributed by atoms with Gasteiger partial charge in [-0.05, 0) is 61.1 Å². The van der Waals surface area contributed by atoms with Gasteiger partial charge in [0, 0.05) is 32.0 Å². The molecule has 4 rings (SSSR count). The van der Waals surface area contributed by atoms with Crippen LogP contribution in [0.3, 0.4) is 0 Å².